The normalized spacial score (nSPS) is 17.1. The lowest BCUT2D eigenvalue weighted by Crippen LogP contribution is -2.42. The summed E-state index contributed by atoms with van der Waals surface area (Å²) in [6.45, 7) is 0.134. The number of thiophene rings is 1. The Morgan fingerprint density at radius 2 is 1.92 bits per heavy atom. The van der Waals surface area contributed by atoms with Crippen molar-refractivity contribution in [1.82, 2.24) is 9.62 Å². The van der Waals surface area contributed by atoms with Crippen molar-refractivity contribution in [1.29, 1.82) is 0 Å². The average Bonchev–Trinajstić information content (AvgIpc) is 3.34. The predicted molar refractivity (Wildman–Crippen MR) is 101 cm³/mol. The zero-order valence-electron chi connectivity index (χ0n) is 14.7. The minimum absolute atomic E-state index is 0.132. The van der Waals surface area contributed by atoms with Crippen LogP contribution >= 0.6 is 11.3 Å². The van der Waals surface area contributed by atoms with Gasteiger partial charge in [-0.2, -0.15) is 0 Å². The minimum Gasteiger partial charge on any atom is -0.382 e. The number of benzene rings is 1. The van der Waals surface area contributed by atoms with Gasteiger partial charge in [-0.15, -0.1) is 11.3 Å². The second-order valence-corrected chi connectivity index (χ2v) is 9.77. The van der Waals surface area contributed by atoms with Crippen LogP contribution in [0.15, 0.2) is 46.7 Å². The summed E-state index contributed by atoms with van der Waals surface area (Å²) in [6.07, 6.45) is 1.89. The molecular formula is C18H22N2O4S2. The van der Waals surface area contributed by atoms with E-state index in [0.29, 0.717) is 5.56 Å². The van der Waals surface area contributed by atoms with Crippen molar-refractivity contribution in [3.05, 3.63) is 52.2 Å². The van der Waals surface area contributed by atoms with Gasteiger partial charge in [-0.25, -0.2) is 12.7 Å². The number of aliphatic hydroxyl groups is 1. The van der Waals surface area contributed by atoms with Gasteiger partial charge in [0.2, 0.25) is 10.0 Å². The van der Waals surface area contributed by atoms with Crippen LogP contribution in [-0.2, 0) is 15.6 Å². The van der Waals surface area contributed by atoms with Gasteiger partial charge in [0.15, 0.2) is 0 Å². The largest absolute Gasteiger partial charge is 0.382 e. The molecule has 1 atom stereocenters. The molecule has 1 aliphatic rings. The fraction of sp³-hybridized carbons (Fsp3) is 0.389. The second-order valence-electron chi connectivity index (χ2n) is 6.67. The second kappa shape index (κ2) is 7.11. The Balaban J connectivity index is 1.70. The number of rotatable bonds is 7. The van der Waals surface area contributed by atoms with Crippen LogP contribution in [0.25, 0.3) is 0 Å². The number of carbonyl (C=O) groups is 1. The van der Waals surface area contributed by atoms with E-state index in [9.17, 15) is 18.3 Å². The zero-order valence-corrected chi connectivity index (χ0v) is 16.3. The van der Waals surface area contributed by atoms with Gasteiger partial charge in [-0.05, 0) is 54.5 Å². The van der Waals surface area contributed by atoms with E-state index in [1.807, 2.05) is 17.5 Å². The molecule has 1 aliphatic carbocycles. The summed E-state index contributed by atoms with van der Waals surface area (Å²) in [4.78, 5) is 13.4. The van der Waals surface area contributed by atoms with Crippen molar-refractivity contribution < 1.29 is 18.3 Å². The lowest BCUT2D eigenvalue weighted by Gasteiger charge is -2.27. The van der Waals surface area contributed by atoms with E-state index in [4.69, 9.17) is 0 Å². The number of carbonyl (C=O) groups excluding carboxylic acids is 1. The van der Waals surface area contributed by atoms with Crippen molar-refractivity contribution in [2.24, 2.45) is 5.92 Å². The summed E-state index contributed by atoms with van der Waals surface area (Å²) in [5.41, 5.74) is -0.690. The van der Waals surface area contributed by atoms with Crippen LogP contribution in [0, 0.1) is 5.92 Å². The quantitative estimate of drug-likeness (QED) is 0.752. The Morgan fingerprint density at radius 3 is 2.42 bits per heavy atom. The third kappa shape index (κ3) is 3.68. The van der Waals surface area contributed by atoms with Crippen LogP contribution in [0.1, 0.15) is 28.1 Å². The highest BCUT2D eigenvalue weighted by molar-refractivity contribution is 7.89. The van der Waals surface area contributed by atoms with Gasteiger partial charge in [0.25, 0.3) is 5.91 Å². The maximum Gasteiger partial charge on any atom is 0.251 e. The smallest absolute Gasteiger partial charge is 0.251 e. The third-order valence-electron chi connectivity index (χ3n) is 4.61. The number of hydrogen-bond acceptors (Lipinski definition) is 5. The van der Waals surface area contributed by atoms with Crippen LogP contribution in [0.2, 0.25) is 0 Å². The third-order valence-corrected chi connectivity index (χ3v) is 7.48. The summed E-state index contributed by atoms with van der Waals surface area (Å²) in [6, 6.07) is 9.56. The fourth-order valence-electron chi connectivity index (χ4n) is 2.82. The van der Waals surface area contributed by atoms with Gasteiger partial charge < -0.3 is 10.4 Å². The van der Waals surface area contributed by atoms with Crippen LogP contribution in [0.3, 0.4) is 0 Å². The number of sulfonamides is 1. The highest BCUT2D eigenvalue weighted by atomic mass is 32.2. The van der Waals surface area contributed by atoms with Gasteiger partial charge >= 0.3 is 0 Å². The molecule has 0 aliphatic heterocycles. The molecule has 2 aromatic rings. The molecule has 140 valence electrons. The summed E-state index contributed by atoms with van der Waals surface area (Å²) in [7, 11) is -0.609. The molecule has 0 radical (unpaired) electrons. The maximum absolute atomic E-state index is 12.4. The van der Waals surface area contributed by atoms with E-state index < -0.39 is 15.6 Å². The molecule has 1 amide bonds. The van der Waals surface area contributed by atoms with Gasteiger partial charge in [0, 0.05) is 24.5 Å². The van der Waals surface area contributed by atoms with Crippen LogP contribution in [0.5, 0.6) is 0 Å². The molecule has 0 bridgehead atoms. The Hall–Kier alpha value is -1.74. The molecule has 8 heteroatoms. The average molecular weight is 395 g/mol. The van der Waals surface area contributed by atoms with Crippen LogP contribution in [0.4, 0.5) is 0 Å². The first-order valence-corrected chi connectivity index (χ1v) is 10.6. The zero-order chi connectivity index (χ0) is 18.9. The lowest BCUT2D eigenvalue weighted by molar-refractivity contribution is 0.0169. The summed E-state index contributed by atoms with van der Waals surface area (Å²) in [5.74, 6) is -0.177. The number of nitrogens with one attached hydrogen (secondary N) is 1. The van der Waals surface area contributed by atoms with E-state index >= 15 is 0 Å². The first-order chi connectivity index (χ1) is 12.2. The fourth-order valence-corrected chi connectivity index (χ4v) is 4.63. The molecule has 1 aromatic heterocycles. The number of amides is 1. The highest BCUT2D eigenvalue weighted by Crippen LogP contribution is 2.46. The summed E-state index contributed by atoms with van der Waals surface area (Å²) < 4.78 is 25.3. The molecule has 1 saturated carbocycles. The molecule has 6 nitrogen and oxygen atoms in total. The van der Waals surface area contributed by atoms with Gasteiger partial charge in [0.1, 0.15) is 5.60 Å². The first kappa shape index (κ1) is 19.0. The van der Waals surface area contributed by atoms with Crippen molar-refractivity contribution >= 4 is 27.3 Å². The van der Waals surface area contributed by atoms with Crippen molar-refractivity contribution in [2.45, 2.75) is 23.3 Å². The van der Waals surface area contributed by atoms with E-state index in [2.05, 4.69) is 5.32 Å². The molecule has 2 N–H and O–H groups in total. The van der Waals surface area contributed by atoms with Crippen LogP contribution < -0.4 is 5.32 Å². The standard InChI is InChI=1S/C18H22N2O4S2/c1-20(2)26(23,24)15-9-5-13(6-10-15)17(21)19-12-18(22,14-7-8-14)16-4-3-11-25-16/h3-6,9-11,14,22H,7-8,12H2,1-2H3,(H,19,21)/t18-/m1/s1. The number of hydrogen-bond donors (Lipinski definition) is 2. The minimum atomic E-state index is -3.52. The van der Waals surface area contributed by atoms with E-state index in [1.54, 1.807) is 0 Å². The highest BCUT2D eigenvalue weighted by Gasteiger charge is 2.46. The Labute approximate surface area is 157 Å². The predicted octanol–water partition coefficient (Wildman–Crippen LogP) is 2.03. The maximum atomic E-state index is 12.4. The molecule has 1 fully saturated rings. The molecular weight excluding hydrogens is 372 g/mol. The van der Waals surface area contributed by atoms with Gasteiger partial charge in [0.05, 0.1) is 11.4 Å². The van der Waals surface area contributed by atoms with Crippen LogP contribution in [-0.4, -0.2) is 44.4 Å². The van der Waals surface area contributed by atoms with Gasteiger partial charge in [-0.1, -0.05) is 6.07 Å². The first-order valence-electron chi connectivity index (χ1n) is 8.32. The van der Waals surface area contributed by atoms with Crippen molar-refractivity contribution in [3.8, 4) is 0 Å². The number of nitrogens with zero attached hydrogens (tertiary/aromatic N) is 1. The molecule has 3 rings (SSSR count). The molecule has 0 spiro atoms. The topological polar surface area (TPSA) is 86.7 Å². The Bertz CT molecular complexity index is 872. The summed E-state index contributed by atoms with van der Waals surface area (Å²) in [5, 5.41) is 15.7. The molecule has 26 heavy (non-hydrogen) atoms. The SMILES string of the molecule is CN(C)S(=O)(=O)c1ccc(C(=O)NC[C@](O)(c2cccs2)C2CC2)cc1. The Morgan fingerprint density at radius 1 is 1.27 bits per heavy atom. The summed E-state index contributed by atoms with van der Waals surface area (Å²) >= 11 is 1.48. The Kier molecular flexibility index (Phi) is 5.21. The molecule has 1 heterocycles. The van der Waals surface area contributed by atoms with E-state index in [-0.39, 0.29) is 23.3 Å². The molecule has 0 saturated heterocycles. The van der Waals surface area contributed by atoms with Crippen molar-refractivity contribution in [2.75, 3.05) is 20.6 Å². The van der Waals surface area contributed by atoms with Gasteiger partial charge in [-0.3, -0.25) is 4.79 Å². The molecule has 1 aromatic carbocycles. The molecule has 0 unspecified atom stereocenters. The van der Waals surface area contributed by atoms with Crippen molar-refractivity contribution in [3.63, 3.8) is 0 Å². The monoisotopic (exact) mass is 394 g/mol. The van der Waals surface area contributed by atoms with E-state index in [0.717, 1.165) is 22.0 Å². The van der Waals surface area contributed by atoms with E-state index in [1.165, 1.54) is 49.7 Å². The lowest BCUT2D eigenvalue weighted by atomic mass is 9.95.